The fourth-order valence-electron chi connectivity index (χ4n) is 2.38. The zero-order valence-electron chi connectivity index (χ0n) is 11.9. The molecule has 2 rings (SSSR count). The number of hydrogen-bond donors (Lipinski definition) is 1. The molecule has 21 heavy (non-hydrogen) atoms. The van der Waals surface area contributed by atoms with Gasteiger partial charge in [-0.25, -0.2) is 13.1 Å². The molecule has 0 saturated carbocycles. The maximum absolute atomic E-state index is 12.1. The van der Waals surface area contributed by atoms with Gasteiger partial charge in [0, 0.05) is 18.1 Å². The van der Waals surface area contributed by atoms with Gasteiger partial charge in [0.25, 0.3) is 0 Å². The zero-order chi connectivity index (χ0) is 15.5. The summed E-state index contributed by atoms with van der Waals surface area (Å²) in [7, 11) is -3.68. The topological polar surface area (TPSA) is 66.5 Å². The van der Waals surface area contributed by atoms with E-state index < -0.39 is 10.0 Å². The molecule has 0 spiro atoms. The van der Waals surface area contributed by atoms with Crippen molar-refractivity contribution in [3.05, 3.63) is 29.3 Å². The summed E-state index contributed by atoms with van der Waals surface area (Å²) in [6, 6.07) is 5.84. The average molecular weight is 331 g/mol. The molecule has 5 nitrogen and oxygen atoms in total. The number of carbonyl (C=O) groups is 1. The highest BCUT2D eigenvalue weighted by molar-refractivity contribution is 7.89. The van der Waals surface area contributed by atoms with E-state index in [2.05, 4.69) is 11.6 Å². The molecule has 1 unspecified atom stereocenters. The second-order valence-corrected chi connectivity index (χ2v) is 7.57. The van der Waals surface area contributed by atoms with Gasteiger partial charge in [-0.2, -0.15) is 0 Å². The fraction of sp³-hybridized carbons (Fsp3) is 0.500. The first kappa shape index (κ1) is 16.3. The number of nitrogens with zero attached hydrogens (tertiary/aromatic N) is 1. The Hall–Kier alpha value is -1.11. The van der Waals surface area contributed by atoms with Crippen molar-refractivity contribution in [1.29, 1.82) is 0 Å². The van der Waals surface area contributed by atoms with Crippen LogP contribution in [0.4, 0.5) is 0 Å². The number of rotatable bonds is 4. The Morgan fingerprint density at radius 2 is 2.05 bits per heavy atom. The van der Waals surface area contributed by atoms with Gasteiger partial charge in [0.2, 0.25) is 15.9 Å². The van der Waals surface area contributed by atoms with Crippen molar-refractivity contribution >= 4 is 27.5 Å². The van der Waals surface area contributed by atoms with Gasteiger partial charge in [-0.05, 0) is 43.0 Å². The van der Waals surface area contributed by atoms with Crippen LogP contribution in [0.2, 0.25) is 5.02 Å². The van der Waals surface area contributed by atoms with Crippen LogP contribution in [0.25, 0.3) is 0 Å². The van der Waals surface area contributed by atoms with E-state index in [1.165, 1.54) is 24.3 Å². The van der Waals surface area contributed by atoms with Gasteiger partial charge in [-0.1, -0.05) is 18.5 Å². The van der Waals surface area contributed by atoms with E-state index in [-0.39, 0.29) is 17.3 Å². The van der Waals surface area contributed by atoms with Crippen LogP contribution in [0, 0.1) is 5.92 Å². The zero-order valence-corrected chi connectivity index (χ0v) is 13.5. The van der Waals surface area contributed by atoms with E-state index in [4.69, 9.17) is 11.6 Å². The number of halogens is 1. The Morgan fingerprint density at radius 3 is 2.67 bits per heavy atom. The van der Waals surface area contributed by atoms with E-state index in [1.807, 2.05) is 0 Å². The SMILES string of the molecule is CC1CCCN(C(=O)CNS(=O)(=O)c2ccc(Cl)cc2)C1. The Bertz CT molecular complexity index is 601. The number of nitrogens with one attached hydrogen (secondary N) is 1. The van der Waals surface area contributed by atoms with Gasteiger partial charge in [0.15, 0.2) is 0 Å². The van der Waals surface area contributed by atoms with Gasteiger partial charge in [-0.3, -0.25) is 4.79 Å². The number of carbonyl (C=O) groups excluding carboxylic acids is 1. The van der Waals surface area contributed by atoms with E-state index in [0.717, 1.165) is 12.8 Å². The van der Waals surface area contributed by atoms with Crippen molar-refractivity contribution in [3.63, 3.8) is 0 Å². The van der Waals surface area contributed by atoms with Crippen molar-refractivity contribution in [2.45, 2.75) is 24.7 Å². The van der Waals surface area contributed by atoms with E-state index in [9.17, 15) is 13.2 Å². The molecule has 1 aromatic rings. The summed E-state index contributed by atoms with van der Waals surface area (Å²) in [4.78, 5) is 13.9. The minimum Gasteiger partial charge on any atom is -0.341 e. The Kier molecular flexibility index (Phi) is 5.24. The van der Waals surface area contributed by atoms with E-state index >= 15 is 0 Å². The minimum absolute atomic E-state index is 0.103. The number of likely N-dealkylation sites (tertiary alicyclic amines) is 1. The van der Waals surface area contributed by atoms with Crippen LogP contribution in [0.1, 0.15) is 19.8 Å². The minimum atomic E-state index is -3.68. The van der Waals surface area contributed by atoms with Crippen molar-refractivity contribution in [3.8, 4) is 0 Å². The molecule has 1 N–H and O–H groups in total. The van der Waals surface area contributed by atoms with Crippen LogP contribution in [0.5, 0.6) is 0 Å². The molecule has 1 aliphatic rings. The molecule has 116 valence electrons. The highest BCUT2D eigenvalue weighted by Crippen LogP contribution is 2.16. The Balaban J connectivity index is 1.95. The number of sulfonamides is 1. The second-order valence-electron chi connectivity index (χ2n) is 5.37. The lowest BCUT2D eigenvalue weighted by molar-refractivity contribution is -0.131. The molecule has 0 aliphatic carbocycles. The first-order chi connectivity index (χ1) is 9.88. The molecular formula is C14H19ClN2O3S. The van der Waals surface area contributed by atoms with Crippen LogP contribution in [0.3, 0.4) is 0 Å². The number of benzene rings is 1. The second kappa shape index (κ2) is 6.77. The molecule has 0 bridgehead atoms. The van der Waals surface area contributed by atoms with Crippen LogP contribution >= 0.6 is 11.6 Å². The van der Waals surface area contributed by atoms with Crippen molar-refractivity contribution < 1.29 is 13.2 Å². The third-order valence-electron chi connectivity index (χ3n) is 3.55. The van der Waals surface area contributed by atoms with Gasteiger partial charge in [-0.15, -0.1) is 0 Å². The Labute approximate surface area is 130 Å². The third kappa shape index (κ3) is 4.43. The molecule has 0 aromatic heterocycles. The van der Waals surface area contributed by atoms with Gasteiger partial charge in [0.05, 0.1) is 11.4 Å². The molecule has 1 fully saturated rings. The molecular weight excluding hydrogens is 312 g/mol. The highest BCUT2D eigenvalue weighted by atomic mass is 35.5. The molecule has 1 saturated heterocycles. The Morgan fingerprint density at radius 1 is 1.38 bits per heavy atom. The summed E-state index contributed by atoms with van der Waals surface area (Å²) in [5, 5.41) is 0.465. The monoisotopic (exact) mass is 330 g/mol. The summed E-state index contributed by atoms with van der Waals surface area (Å²) in [6.07, 6.45) is 2.08. The largest absolute Gasteiger partial charge is 0.341 e. The maximum Gasteiger partial charge on any atom is 0.241 e. The summed E-state index contributed by atoms with van der Waals surface area (Å²) in [6.45, 7) is 3.28. The lowest BCUT2D eigenvalue weighted by atomic mass is 10.0. The smallest absolute Gasteiger partial charge is 0.241 e. The maximum atomic E-state index is 12.1. The average Bonchev–Trinajstić information content (AvgIpc) is 2.45. The predicted octanol–water partition coefficient (Wildman–Crippen LogP) is 1.88. The normalized spacial score (nSPS) is 19.5. The molecule has 0 radical (unpaired) electrons. The third-order valence-corrected chi connectivity index (χ3v) is 5.22. The summed E-state index contributed by atoms with van der Waals surface area (Å²) in [5.74, 6) is 0.287. The molecule has 1 aliphatic heterocycles. The number of piperidine rings is 1. The predicted molar refractivity (Wildman–Crippen MR) is 81.6 cm³/mol. The molecule has 7 heteroatoms. The first-order valence-corrected chi connectivity index (χ1v) is 8.77. The molecule has 1 atom stereocenters. The molecule has 1 amide bonds. The van der Waals surface area contributed by atoms with Gasteiger partial charge >= 0.3 is 0 Å². The fourth-order valence-corrected chi connectivity index (χ4v) is 3.48. The van der Waals surface area contributed by atoms with Crippen molar-refractivity contribution in [1.82, 2.24) is 9.62 Å². The van der Waals surface area contributed by atoms with Crippen molar-refractivity contribution in [2.24, 2.45) is 5.92 Å². The van der Waals surface area contributed by atoms with Gasteiger partial charge in [0.1, 0.15) is 0 Å². The van der Waals surface area contributed by atoms with Crippen LogP contribution < -0.4 is 4.72 Å². The summed E-state index contributed by atoms with van der Waals surface area (Å²) < 4.78 is 26.5. The number of amides is 1. The van der Waals surface area contributed by atoms with Crippen LogP contribution in [0.15, 0.2) is 29.2 Å². The van der Waals surface area contributed by atoms with Crippen LogP contribution in [-0.2, 0) is 14.8 Å². The first-order valence-electron chi connectivity index (χ1n) is 6.91. The summed E-state index contributed by atoms with van der Waals surface area (Å²) in [5.41, 5.74) is 0. The van der Waals surface area contributed by atoms with E-state index in [0.29, 0.717) is 24.0 Å². The van der Waals surface area contributed by atoms with Gasteiger partial charge < -0.3 is 4.90 Å². The lowest BCUT2D eigenvalue weighted by Crippen LogP contribution is -2.44. The quantitative estimate of drug-likeness (QED) is 0.916. The molecule has 1 heterocycles. The van der Waals surface area contributed by atoms with E-state index in [1.54, 1.807) is 4.90 Å². The van der Waals surface area contributed by atoms with Crippen LogP contribution in [-0.4, -0.2) is 38.9 Å². The molecule has 1 aromatic carbocycles. The standard InChI is InChI=1S/C14H19ClN2O3S/c1-11-3-2-8-17(10-11)14(18)9-16-21(19,20)13-6-4-12(15)5-7-13/h4-7,11,16H,2-3,8-10H2,1H3. The summed E-state index contributed by atoms with van der Waals surface area (Å²) >= 11 is 5.73. The lowest BCUT2D eigenvalue weighted by Gasteiger charge is -2.31. The highest BCUT2D eigenvalue weighted by Gasteiger charge is 2.22. The number of hydrogen-bond acceptors (Lipinski definition) is 3. The van der Waals surface area contributed by atoms with Crippen molar-refractivity contribution in [2.75, 3.05) is 19.6 Å².